The largest absolute Gasteiger partial charge is 0.115 e. The van der Waals surface area contributed by atoms with Gasteiger partial charge < -0.3 is 0 Å². The third-order valence-corrected chi connectivity index (χ3v) is 0.258. The topological polar surface area (TPSA) is 0 Å². The van der Waals surface area contributed by atoms with E-state index in [4.69, 9.17) is 6.42 Å². The molecule has 0 heterocycles. The summed E-state index contributed by atoms with van der Waals surface area (Å²) in [6.07, 6.45) is 6.19. The van der Waals surface area contributed by atoms with Crippen molar-refractivity contribution in [3.05, 3.63) is 37.3 Å². The Kier molecular flexibility index (Phi) is 77.6. The van der Waals surface area contributed by atoms with E-state index in [9.17, 15) is 0 Å². The zero-order valence-electron chi connectivity index (χ0n) is 6.78. The summed E-state index contributed by atoms with van der Waals surface area (Å²) in [7, 11) is 0. The molecule has 0 aromatic heterocycles. The van der Waals surface area contributed by atoms with Crippen LogP contribution >= 0.6 is 0 Å². The van der Waals surface area contributed by atoms with Crippen LogP contribution in [0.15, 0.2) is 37.3 Å². The lowest BCUT2D eigenvalue weighted by Crippen LogP contribution is -1.30. The van der Waals surface area contributed by atoms with Crippen molar-refractivity contribution < 1.29 is 0 Å². The molecule has 0 nitrogen and oxygen atoms in total. The fourth-order valence-corrected chi connectivity index (χ4v) is 0.0927. The maximum absolute atomic E-state index is 4.78. The first kappa shape index (κ1) is 15.8. The minimum atomic E-state index is 1.41. The summed E-state index contributed by atoms with van der Waals surface area (Å²) in [4.78, 5) is 0. The summed E-state index contributed by atoms with van der Waals surface area (Å²) in [6.45, 7) is 13.2. The van der Waals surface area contributed by atoms with Gasteiger partial charge in [0.05, 0.1) is 0 Å². The molecule has 0 bridgehead atoms. The second-order valence-electron chi connectivity index (χ2n) is 0.632. The molecule has 0 amide bonds. The van der Waals surface area contributed by atoms with E-state index in [1.165, 1.54) is 6.08 Å². The highest BCUT2D eigenvalue weighted by molar-refractivity contribution is 5.07. The van der Waals surface area contributed by atoms with Crippen molar-refractivity contribution in [2.24, 2.45) is 0 Å². The standard InChI is InChI=1S/C6H4.C2H6.C2H4/c1-3-5-6-4-2;2*1-2/h1,5H,2H2;1-2H3;1-2H2. The molecule has 0 saturated carbocycles. The van der Waals surface area contributed by atoms with Gasteiger partial charge in [0.15, 0.2) is 0 Å². The second-order valence-corrected chi connectivity index (χ2v) is 0.632. The van der Waals surface area contributed by atoms with Crippen LogP contribution in [-0.4, -0.2) is 0 Å². The van der Waals surface area contributed by atoms with Crippen LogP contribution in [0.1, 0.15) is 13.8 Å². The third kappa shape index (κ3) is 80.8. The molecule has 0 fully saturated rings. The minimum Gasteiger partial charge on any atom is -0.115 e. The van der Waals surface area contributed by atoms with Gasteiger partial charge in [0.25, 0.3) is 0 Å². The van der Waals surface area contributed by atoms with E-state index in [1.807, 2.05) is 13.8 Å². The first-order valence-corrected chi connectivity index (χ1v) is 2.97. The lowest BCUT2D eigenvalue weighted by molar-refractivity contribution is 1.50. The molecule has 0 aromatic rings. The smallest absolute Gasteiger partial charge is 0.0383 e. The van der Waals surface area contributed by atoms with E-state index in [1.54, 1.807) is 0 Å². The average Bonchev–Trinajstić information content (AvgIpc) is 2.08. The third-order valence-electron chi connectivity index (χ3n) is 0.258. The van der Waals surface area contributed by atoms with Gasteiger partial charge in [0.1, 0.15) is 0 Å². The van der Waals surface area contributed by atoms with Crippen LogP contribution in [0.5, 0.6) is 0 Å². The predicted molar refractivity (Wildman–Crippen MR) is 48.7 cm³/mol. The summed E-state index contributed by atoms with van der Waals surface area (Å²) in [5.74, 6) is 2.23. The van der Waals surface area contributed by atoms with Crippen LogP contribution in [0, 0.1) is 12.3 Å². The molecule has 0 atom stereocenters. The molecule has 0 N–H and O–H groups in total. The SMILES string of the molecule is C#CC=C=C=C.C=C.CC. The number of terminal acetylenes is 1. The zero-order chi connectivity index (χ0) is 8.83. The molecule has 0 aromatic carbocycles. The normalized spacial score (nSPS) is 3.30. The lowest BCUT2D eigenvalue weighted by Gasteiger charge is -1.43. The molecule has 0 saturated heterocycles. The molecule has 0 spiro atoms. The van der Waals surface area contributed by atoms with Crippen LogP contribution < -0.4 is 0 Å². The van der Waals surface area contributed by atoms with Crippen molar-refractivity contribution in [2.75, 3.05) is 0 Å². The van der Waals surface area contributed by atoms with Crippen molar-refractivity contribution in [1.82, 2.24) is 0 Å². The number of rotatable bonds is 0. The van der Waals surface area contributed by atoms with Crippen molar-refractivity contribution in [2.45, 2.75) is 13.8 Å². The summed E-state index contributed by atoms with van der Waals surface area (Å²) < 4.78 is 0. The molecule has 0 aliphatic heterocycles. The van der Waals surface area contributed by atoms with Crippen molar-refractivity contribution in [3.8, 4) is 12.3 Å². The fraction of sp³-hybridized carbons (Fsp3) is 0.200. The molecular formula is C10H14. The van der Waals surface area contributed by atoms with Crippen LogP contribution in [0.25, 0.3) is 0 Å². The molecule has 0 aliphatic rings. The van der Waals surface area contributed by atoms with Gasteiger partial charge in [-0.15, -0.1) is 19.6 Å². The van der Waals surface area contributed by atoms with E-state index >= 15 is 0 Å². The second kappa shape index (κ2) is 49.0. The summed E-state index contributed by atoms with van der Waals surface area (Å²) in [5.41, 5.74) is 4.85. The van der Waals surface area contributed by atoms with Gasteiger partial charge in [0.2, 0.25) is 0 Å². The molecule has 10 heavy (non-hydrogen) atoms. The predicted octanol–water partition coefficient (Wildman–Crippen LogP) is 2.94. The van der Waals surface area contributed by atoms with Gasteiger partial charge in [-0.1, -0.05) is 31.2 Å². The molecular weight excluding hydrogens is 120 g/mol. The van der Waals surface area contributed by atoms with E-state index in [2.05, 4.69) is 37.1 Å². The van der Waals surface area contributed by atoms with Crippen LogP contribution in [0.4, 0.5) is 0 Å². The van der Waals surface area contributed by atoms with E-state index < -0.39 is 0 Å². The number of allylic oxidation sites excluding steroid dienone is 1. The van der Waals surface area contributed by atoms with Gasteiger partial charge in [-0.25, -0.2) is 0 Å². The van der Waals surface area contributed by atoms with Crippen LogP contribution in [-0.2, 0) is 0 Å². The van der Waals surface area contributed by atoms with Gasteiger partial charge in [-0.2, -0.15) is 0 Å². The highest BCUT2D eigenvalue weighted by Crippen LogP contribution is 1.52. The van der Waals surface area contributed by atoms with Crippen molar-refractivity contribution in [1.29, 1.82) is 0 Å². The van der Waals surface area contributed by atoms with Gasteiger partial charge in [-0.05, 0) is 6.58 Å². The minimum absolute atomic E-state index is 1.41. The molecule has 0 aliphatic carbocycles. The monoisotopic (exact) mass is 134 g/mol. The molecule has 0 radical (unpaired) electrons. The average molecular weight is 134 g/mol. The van der Waals surface area contributed by atoms with Crippen molar-refractivity contribution in [3.63, 3.8) is 0 Å². The van der Waals surface area contributed by atoms with Gasteiger partial charge >= 0.3 is 0 Å². The van der Waals surface area contributed by atoms with Gasteiger partial charge in [0, 0.05) is 6.08 Å². The Morgan fingerprint density at radius 3 is 1.80 bits per heavy atom. The van der Waals surface area contributed by atoms with E-state index in [0.717, 1.165) is 0 Å². The first-order valence-electron chi connectivity index (χ1n) is 2.97. The highest BCUT2D eigenvalue weighted by atomic mass is 13.4. The molecule has 0 unspecified atom stereocenters. The number of hydrogen-bond acceptors (Lipinski definition) is 0. The van der Waals surface area contributed by atoms with Gasteiger partial charge in [-0.3, -0.25) is 0 Å². The summed E-state index contributed by atoms with van der Waals surface area (Å²) >= 11 is 0. The van der Waals surface area contributed by atoms with E-state index in [-0.39, 0.29) is 0 Å². The fourth-order valence-electron chi connectivity index (χ4n) is 0.0927. The maximum atomic E-state index is 4.78. The zero-order valence-corrected chi connectivity index (χ0v) is 6.78. The van der Waals surface area contributed by atoms with E-state index in [0.29, 0.717) is 0 Å². The summed E-state index contributed by atoms with van der Waals surface area (Å²) in [6, 6.07) is 0. The Morgan fingerprint density at radius 2 is 1.70 bits per heavy atom. The Balaban J connectivity index is -0.000000105. The molecule has 0 rings (SSSR count). The number of hydrogen-bond donors (Lipinski definition) is 0. The van der Waals surface area contributed by atoms with Crippen molar-refractivity contribution >= 4 is 0 Å². The first-order chi connectivity index (χ1) is 4.91. The van der Waals surface area contributed by atoms with Crippen LogP contribution in [0.2, 0.25) is 0 Å². The quantitative estimate of drug-likeness (QED) is 0.271. The Bertz CT molecular complexity index is 145. The Morgan fingerprint density at radius 1 is 1.30 bits per heavy atom. The van der Waals surface area contributed by atoms with Crippen LogP contribution in [0.3, 0.4) is 0 Å². The summed E-state index contributed by atoms with van der Waals surface area (Å²) in [5, 5.41) is 0. The molecule has 0 heteroatoms. The highest BCUT2D eigenvalue weighted by Gasteiger charge is 1.37. The Labute approximate surface area is 64.3 Å². The Hall–Kier alpha value is -1.40. The molecule has 54 valence electrons. The lowest BCUT2D eigenvalue weighted by atomic mass is 10.6. The maximum Gasteiger partial charge on any atom is 0.0383 e.